The van der Waals surface area contributed by atoms with Crippen molar-refractivity contribution < 1.29 is 4.74 Å². The molecule has 19 heavy (non-hydrogen) atoms. The molecule has 102 valence electrons. The first kappa shape index (κ1) is 12.7. The Morgan fingerprint density at radius 3 is 2.89 bits per heavy atom. The average Bonchev–Trinajstić information content (AvgIpc) is 2.76. The second kappa shape index (κ2) is 5.76. The quantitative estimate of drug-likeness (QED) is 0.912. The highest BCUT2D eigenvalue weighted by Gasteiger charge is 2.12. The zero-order chi connectivity index (χ0) is 13.1. The predicted octanol–water partition coefficient (Wildman–Crippen LogP) is 2.72. The number of benzene rings is 1. The van der Waals surface area contributed by atoms with Gasteiger partial charge in [0.2, 0.25) is 0 Å². The molecule has 3 nitrogen and oxygen atoms in total. The fraction of sp³-hybridized carbons (Fsp3) is 0.500. The van der Waals surface area contributed by atoms with Crippen LogP contribution in [-0.2, 0) is 11.3 Å². The molecular formula is C16H22N2O. The number of nitrogens with one attached hydrogen (secondary N) is 1. The number of aromatic nitrogens is 1. The molecule has 0 spiro atoms. The number of nitrogens with zero attached hydrogens (tertiary/aromatic N) is 1. The van der Waals surface area contributed by atoms with Crippen LogP contribution in [0.5, 0.6) is 0 Å². The smallest absolute Gasteiger partial charge is 0.0482 e. The molecule has 1 aromatic carbocycles. The Morgan fingerprint density at radius 1 is 1.26 bits per heavy atom. The van der Waals surface area contributed by atoms with E-state index in [2.05, 4.69) is 47.1 Å². The predicted molar refractivity (Wildman–Crippen MR) is 78.5 cm³/mol. The average molecular weight is 258 g/mol. The van der Waals surface area contributed by atoms with E-state index in [4.69, 9.17) is 4.74 Å². The van der Waals surface area contributed by atoms with E-state index in [0.717, 1.165) is 39.1 Å². The lowest BCUT2D eigenvalue weighted by Crippen LogP contribution is -2.36. The van der Waals surface area contributed by atoms with Crippen molar-refractivity contribution in [1.82, 2.24) is 9.88 Å². The van der Waals surface area contributed by atoms with Crippen molar-refractivity contribution in [3.05, 3.63) is 36.0 Å². The van der Waals surface area contributed by atoms with Crippen molar-refractivity contribution in [2.75, 3.05) is 19.8 Å². The lowest BCUT2D eigenvalue weighted by Gasteiger charge is -2.23. The largest absolute Gasteiger partial charge is 0.381 e. The first-order chi connectivity index (χ1) is 9.34. The summed E-state index contributed by atoms with van der Waals surface area (Å²) in [5, 5.41) is 4.99. The number of para-hydroxylation sites is 1. The molecule has 3 rings (SSSR count). The first-order valence-corrected chi connectivity index (χ1v) is 7.20. The lowest BCUT2D eigenvalue weighted by atomic mass is 10.1. The Balaban J connectivity index is 1.63. The molecule has 1 N–H and O–H groups in total. The highest BCUT2D eigenvalue weighted by atomic mass is 16.5. The molecule has 0 atom stereocenters. The van der Waals surface area contributed by atoms with E-state index in [1.165, 1.54) is 16.6 Å². The fourth-order valence-electron chi connectivity index (χ4n) is 2.93. The van der Waals surface area contributed by atoms with E-state index in [1.807, 2.05) is 0 Å². The molecule has 0 unspecified atom stereocenters. The van der Waals surface area contributed by atoms with Gasteiger partial charge in [0.15, 0.2) is 0 Å². The Labute approximate surface area is 114 Å². The molecule has 1 aromatic heterocycles. The van der Waals surface area contributed by atoms with Crippen LogP contribution in [0.4, 0.5) is 0 Å². The zero-order valence-electron chi connectivity index (χ0n) is 11.6. The molecule has 0 bridgehead atoms. The van der Waals surface area contributed by atoms with Gasteiger partial charge in [-0.15, -0.1) is 0 Å². The summed E-state index contributed by atoms with van der Waals surface area (Å²) in [5.41, 5.74) is 2.68. The van der Waals surface area contributed by atoms with Crippen LogP contribution in [0.3, 0.4) is 0 Å². The zero-order valence-corrected chi connectivity index (χ0v) is 11.6. The maximum Gasteiger partial charge on any atom is 0.0482 e. The van der Waals surface area contributed by atoms with Crippen LogP contribution < -0.4 is 5.32 Å². The summed E-state index contributed by atoms with van der Waals surface area (Å²) in [7, 11) is 0. The standard InChI is InChI=1S/C16H22N2O/c1-13-12-14-4-2-3-5-16(14)18(13)9-8-17-15-6-10-19-11-7-15/h2-5,12,15,17H,6-11H2,1H3. The van der Waals surface area contributed by atoms with Crippen molar-refractivity contribution in [3.63, 3.8) is 0 Å². The topological polar surface area (TPSA) is 26.2 Å². The molecule has 0 aliphatic carbocycles. The van der Waals surface area contributed by atoms with E-state index < -0.39 is 0 Å². The monoisotopic (exact) mass is 258 g/mol. The number of ether oxygens (including phenoxy) is 1. The van der Waals surface area contributed by atoms with E-state index in [0.29, 0.717) is 6.04 Å². The summed E-state index contributed by atoms with van der Waals surface area (Å²) in [5.74, 6) is 0. The first-order valence-electron chi connectivity index (χ1n) is 7.20. The minimum absolute atomic E-state index is 0.635. The number of hydrogen-bond acceptors (Lipinski definition) is 2. The molecule has 3 heteroatoms. The Kier molecular flexibility index (Phi) is 3.85. The molecule has 0 saturated carbocycles. The van der Waals surface area contributed by atoms with Crippen molar-refractivity contribution in [1.29, 1.82) is 0 Å². The molecule has 1 fully saturated rings. The SMILES string of the molecule is Cc1cc2ccccc2n1CCNC1CCOCC1. The Morgan fingerprint density at radius 2 is 2.05 bits per heavy atom. The molecule has 0 amide bonds. The van der Waals surface area contributed by atoms with Crippen molar-refractivity contribution in [2.24, 2.45) is 0 Å². The molecule has 1 aliphatic heterocycles. The van der Waals surface area contributed by atoms with Gasteiger partial charge in [-0.3, -0.25) is 0 Å². The van der Waals surface area contributed by atoms with Gasteiger partial charge in [0, 0.05) is 43.6 Å². The van der Waals surface area contributed by atoms with Crippen LogP contribution in [0.15, 0.2) is 30.3 Å². The normalized spacial score (nSPS) is 17.1. The van der Waals surface area contributed by atoms with Gasteiger partial charge in [0.25, 0.3) is 0 Å². The van der Waals surface area contributed by atoms with Crippen LogP contribution in [-0.4, -0.2) is 30.4 Å². The summed E-state index contributed by atoms with van der Waals surface area (Å²) in [6, 6.07) is 11.5. The third kappa shape index (κ3) is 2.82. The van der Waals surface area contributed by atoms with Gasteiger partial charge < -0.3 is 14.6 Å². The second-order valence-electron chi connectivity index (χ2n) is 5.34. The van der Waals surface area contributed by atoms with Crippen LogP contribution >= 0.6 is 0 Å². The summed E-state index contributed by atoms with van der Waals surface area (Å²) < 4.78 is 7.79. The van der Waals surface area contributed by atoms with Gasteiger partial charge in [-0.1, -0.05) is 18.2 Å². The summed E-state index contributed by atoms with van der Waals surface area (Å²) in [6.07, 6.45) is 2.29. The second-order valence-corrected chi connectivity index (χ2v) is 5.34. The maximum absolute atomic E-state index is 5.38. The number of fused-ring (bicyclic) bond motifs is 1. The van der Waals surface area contributed by atoms with Gasteiger partial charge in [-0.2, -0.15) is 0 Å². The van der Waals surface area contributed by atoms with Gasteiger partial charge in [-0.25, -0.2) is 0 Å². The third-order valence-corrected chi connectivity index (χ3v) is 4.01. The summed E-state index contributed by atoms with van der Waals surface area (Å²) >= 11 is 0. The van der Waals surface area contributed by atoms with Gasteiger partial charge in [-0.05, 0) is 37.3 Å². The molecule has 2 heterocycles. The molecule has 0 radical (unpaired) electrons. The van der Waals surface area contributed by atoms with E-state index in [9.17, 15) is 0 Å². The maximum atomic E-state index is 5.38. The highest BCUT2D eigenvalue weighted by Crippen LogP contribution is 2.18. The highest BCUT2D eigenvalue weighted by molar-refractivity contribution is 5.81. The minimum atomic E-state index is 0.635. The number of aryl methyl sites for hydroxylation is 1. The number of hydrogen-bond donors (Lipinski definition) is 1. The third-order valence-electron chi connectivity index (χ3n) is 4.01. The fourth-order valence-corrected chi connectivity index (χ4v) is 2.93. The molecule has 2 aromatic rings. The van der Waals surface area contributed by atoms with Gasteiger partial charge >= 0.3 is 0 Å². The van der Waals surface area contributed by atoms with E-state index in [1.54, 1.807) is 0 Å². The summed E-state index contributed by atoms with van der Waals surface area (Å²) in [4.78, 5) is 0. The van der Waals surface area contributed by atoms with E-state index >= 15 is 0 Å². The summed E-state index contributed by atoms with van der Waals surface area (Å²) in [6.45, 7) is 6.07. The van der Waals surface area contributed by atoms with Crippen LogP contribution in [0.1, 0.15) is 18.5 Å². The molecular weight excluding hydrogens is 236 g/mol. The van der Waals surface area contributed by atoms with Crippen LogP contribution in [0.2, 0.25) is 0 Å². The Bertz CT molecular complexity index is 541. The van der Waals surface area contributed by atoms with Crippen molar-refractivity contribution in [2.45, 2.75) is 32.4 Å². The van der Waals surface area contributed by atoms with E-state index in [-0.39, 0.29) is 0 Å². The Hall–Kier alpha value is -1.32. The lowest BCUT2D eigenvalue weighted by molar-refractivity contribution is 0.0779. The van der Waals surface area contributed by atoms with Crippen molar-refractivity contribution in [3.8, 4) is 0 Å². The van der Waals surface area contributed by atoms with Gasteiger partial charge in [0.1, 0.15) is 0 Å². The van der Waals surface area contributed by atoms with Crippen LogP contribution in [0, 0.1) is 6.92 Å². The van der Waals surface area contributed by atoms with Gasteiger partial charge in [0.05, 0.1) is 0 Å². The van der Waals surface area contributed by atoms with Crippen molar-refractivity contribution >= 4 is 10.9 Å². The molecule has 1 aliphatic rings. The minimum Gasteiger partial charge on any atom is -0.381 e. The van der Waals surface area contributed by atoms with Crippen LogP contribution in [0.25, 0.3) is 10.9 Å². The molecule has 1 saturated heterocycles. The number of rotatable bonds is 4.